The Kier molecular flexibility index (Phi) is 7.78. The zero-order valence-corrected chi connectivity index (χ0v) is 17.1. The normalized spacial score (nSPS) is 10.7. The molecule has 1 amide bonds. The van der Waals surface area contributed by atoms with Crippen LogP contribution in [-0.2, 0) is 9.53 Å². The van der Waals surface area contributed by atoms with Gasteiger partial charge in [-0.2, -0.15) is 5.26 Å². The third-order valence-electron chi connectivity index (χ3n) is 3.59. The maximum atomic E-state index is 12.4. The monoisotopic (exact) mass is 442 g/mol. The van der Waals surface area contributed by atoms with Crippen molar-refractivity contribution in [3.63, 3.8) is 0 Å². The van der Waals surface area contributed by atoms with E-state index in [2.05, 4.69) is 21.2 Å². The summed E-state index contributed by atoms with van der Waals surface area (Å²) in [6.07, 6.45) is 1.49. The van der Waals surface area contributed by atoms with Gasteiger partial charge in [0.25, 0.3) is 5.91 Å². The lowest BCUT2D eigenvalue weighted by molar-refractivity contribution is -0.112. The molecule has 7 heteroatoms. The number of nitriles is 1. The molecular formula is C21H19BrN2O4. The molecule has 0 atom stereocenters. The third-order valence-corrected chi connectivity index (χ3v) is 4.21. The number of carbonyl (C=O) groups is 2. The van der Waals surface area contributed by atoms with Crippen molar-refractivity contribution in [2.24, 2.45) is 0 Å². The highest BCUT2D eigenvalue weighted by molar-refractivity contribution is 9.10. The Morgan fingerprint density at radius 1 is 1.14 bits per heavy atom. The molecule has 0 fully saturated rings. The molecule has 2 rings (SSSR count). The highest BCUT2D eigenvalue weighted by Gasteiger charge is 2.12. The Bertz CT molecular complexity index is 930. The van der Waals surface area contributed by atoms with Crippen molar-refractivity contribution in [3.05, 3.63) is 63.6 Å². The van der Waals surface area contributed by atoms with Crippen LogP contribution in [0, 0.1) is 11.3 Å². The van der Waals surface area contributed by atoms with Crippen LogP contribution in [-0.4, -0.2) is 25.1 Å². The second-order valence-corrected chi connectivity index (χ2v) is 6.40. The Morgan fingerprint density at radius 3 is 2.43 bits per heavy atom. The van der Waals surface area contributed by atoms with Gasteiger partial charge >= 0.3 is 5.97 Å². The van der Waals surface area contributed by atoms with Crippen LogP contribution < -0.4 is 10.1 Å². The fourth-order valence-electron chi connectivity index (χ4n) is 2.30. The summed E-state index contributed by atoms with van der Waals surface area (Å²) in [6, 6.07) is 13.4. The Morgan fingerprint density at radius 2 is 1.86 bits per heavy atom. The van der Waals surface area contributed by atoms with Crippen molar-refractivity contribution >= 4 is 39.6 Å². The van der Waals surface area contributed by atoms with Crippen molar-refractivity contribution in [2.75, 3.05) is 18.5 Å². The Hall–Kier alpha value is -3.11. The number of anilines is 1. The van der Waals surface area contributed by atoms with E-state index in [0.717, 1.165) is 4.47 Å². The summed E-state index contributed by atoms with van der Waals surface area (Å²) < 4.78 is 11.1. The van der Waals surface area contributed by atoms with E-state index in [1.165, 1.54) is 6.08 Å². The lowest BCUT2D eigenvalue weighted by atomic mass is 10.1. The number of rotatable bonds is 7. The minimum atomic E-state index is -0.545. The zero-order valence-electron chi connectivity index (χ0n) is 15.5. The fraction of sp³-hybridized carbons (Fsp3) is 0.190. The number of carbonyl (C=O) groups excluding carboxylic acids is 2. The standard InChI is InChI=1S/C21H19BrN2O4/c1-3-27-19-10-5-14(12-18(19)22)11-16(13-23)20(25)24-17-8-6-15(7-9-17)21(26)28-4-2/h5-12H,3-4H2,1-2H3,(H,24,25)/b16-11+. The van der Waals surface area contributed by atoms with Crippen LogP contribution in [0.15, 0.2) is 52.5 Å². The molecule has 0 unspecified atom stereocenters. The predicted octanol–water partition coefficient (Wildman–Crippen LogP) is 4.57. The molecule has 0 spiro atoms. The average molecular weight is 443 g/mol. The summed E-state index contributed by atoms with van der Waals surface area (Å²) in [7, 11) is 0. The molecule has 0 aliphatic rings. The summed E-state index contributed by atoms with van der Waals surface area (Å²) in [4.78, 5) is 24.0. The van der Waals surface area contributed by atoms with Crippen LogP contribution in [0.4, 0.5) is 5.69 Å². The molecule has 0 saturated carbocycles. The SMILES string of the molecule is CCOC(=O)c1ccc(NC(=O)/C(C#N)=C/c2ccc(OCC)c(Br)c2)cc1. The number of halogens is 1. The van der Waals surface area contributed by atoms with Crippen LogP contribution >= 0.6 is 15.9 Å². The van der Waals surface area contributed by atoms with Crippen LogP contribution in [0.3, 0.4) is 0 Å². The van der Waals surface area contributed by atoms with Gasteiger partial charge in [0.15, 0.2) is 0 Å². The first-order valence-corrected chi connectivity index (χ1v) is 9.40. The summed E-state index contributed by atoms with van der Waals surface area (Å²) in [5.41, 5.74) is 1.48. The van der Waals surface area contributed by atoms with Crippen molar-refractivity contribution < 1.29 is 19.1 Å². The molecule has 0 bridgehead atoms. The van der Waals surface area contributed by atoms with Gasteiger partial charge in [0.2, 0.25) is 0 Å². The minimum Gasteiger partial charge on any atom is -0.493 e. The largest absolute Gasteiger partial charge is 0.493 e. The van der Waals surface area contributed by atoms with Gasteiger partial charge in [-0.3, -0.25) is 4.79 Å². The van der Waals surface area contributed by atoms with Gasteiger partial charge in [-0.15, -0.1) is 0 Å². The first-order valence-electron chi connectivity index (χ1n) is 8.61. The van der Waals surface area contributed by atoms with Gasteiger partial charge < -0.3 is 14.8 Å². The highest BCUT2D eigenvalue weighted by atomic mass is 79.9. The Balaban J connectivity index is 2.13. The molecule has 144 valence electrons. The lowest BCUT2D eigenvalue weighted by Gasteiger charge is -2.07. The number of ether oxygens (including phenoxy) is 2. The number of amides is 1. The highest BCUT2D eigenvalue weighted by Crippen LogP contribution is 2.27. The van der Waals surface area contributed by atoms with Crippen LogP contribution in [0.2, 0.25) is 0 Å². The summed E-state index contributed by atoms with van der Waals surface area (Å²) in [5, 5.41) is 12.0. The third kappa shape index (κ3) is 5.69. The quantitative estimate of drug-likeness (QED) is 0.385. The molecule has 0 heterocycles. The maximum Gasteiger partial charge on any atom is 0.338 e. The molecule has 0 aliphatic heterocycles. The average Bonchev–Trinajstić information content (AvgIpc) is 2.69. The molecule has 6 nitrogen and oxygen atoms in total. The molecule has 1 N–H and O–H groups in total. The van der Waals surface area contributed by atoms with Crippen LogP contribution in [0.25, 0.3) is 6.08 Å². The van der Waals surface area contributed by atoms with Crippen molar-refractivity contribution in [1.29, 1.82) is 5.26 Å². The molecule has 28 heavy (non-hydrogen) atoms. The van der Waals surface area contributed by atoms with E-state index in [1.807, 2.05) is 13.0 Å². The molecule has 2 aromatic carbocycles. The predicted molar refractivity (Wildman–Crippen MR) is 110 cm³/mol. The maximum absolute atomic E-state index is 12.4. The second kappa shape index (κ2) is 10.3. The lowest BCUT2D eigenvalue weighted by Crippen LogP contribution is -2.13. The van der Waals surface area contributed by atoms with Crippen molar-refractivity contribution in [2.45, 2.75) is 13.8 Å². The van der Waals surface area contributed by atoms with E-state index in [4.69, 9.17) is 9.47 Å². The second-order valence-electron chi connectivity index (χ2n) is 5.54. The number of nitrogens with one attached hydrogen (secondary N) is 1. The van der Waals surface area contributed by atoms with Gasteiger partial charge in [-0.1, -0.05) is 6.07 Å². The van der Waals surface area contributed by atoms with Crippen LogP contribution in [0.5, 0.6) is 5.75 Å². The fourth-order valence-corrected chi connectivity index (χ4v) is 2.81. The number of benzene rings is 2. The summed E-state index contributed by atoms with van der Waals surface area (Å²) >= 11 is 3.40. The smallest absolute Gasteiger partial charge is 0.338 e. The number of nitrogens with zero attached hydrogens (tertiary/aromatic N) is 1. The van der Waals surface area contributed by atoms with E-state index in [1.54, 1.807) is 49.4 Å². The molecular weight excluding hydrogens is 424 g/mol. The first-order chi connectivity index (χ1) is 13.5. The van der Waals surface area contributed by atoms with E-state index >= 15 is 0 Å². The number of hydrogen-bond acceptors (Lipinski definition) is 5. The van der Waals surface area contributed by atoms with Gasteiger partial charge in [-0.25, -0.2) is 4.79 Å². The molecule has 0 radical (unpaired) electrons. The first kappa shape index (κ1) is 21.2. The van der Waals surface area contributed by atoms with Crippen LogP contribution in [0.1, 0.15) is 29.8 Å². The summed E-state index contributed by atoms with van der Waals surface area (Å²) in [5.74, 6) is -0.292. The van der Waals surface area contributed by atoms with E-state index in [9.17, 15) is 14.9 Å². The molecule has 0 aliphatic carbocycles. The van der Waals surface area contributed by atoms with E-state index < -0.39 is 11.9 Å². The van der Waals surface area contributed by atoms with Crippen molar-refractivity contribution in [3.8, 4) is 11.8 Å². The summed E-state index contributed by atoms with van der Waals surface area (Å²) in [6.45, 7) is 4.44. The molecule has 0 saturated heterocycles. The topological polar surface area (TPSA) is 88.4 Å². The minimum absolute atomic E-state index is 0.0504. The van der Waals surface area contributed by atoms with E-state index in [0.29, 0.717) is 29.2 Å². The Labute approximate surface area is 171 Å². The van der Waals surface area contributed by atoms with Gasteiger partial charge in [0.05, 0.1) is 23.2 Å². The number of hydrogen-bond donors (Lipinski definition) is 1. The van der Waals surface area contributed by atoms with Gasteiger partial charge in [0, 0.05) is 5.69 Å². The number of esters is 1. The van der Waals surface area contributed by atoms with Gasteiger partial charge in [0.1, 0.15) is 17.4 Å². The van der Waals surface area contributed by atoms with E-state index in [-0.39, 0.29) is 12.2 Å². The van der Waals surface area contributed by atoms with Crippen molar-refractivity contribution in [1.82, 2.24) is 0 Å². The van der Waals surface area contributed by atoms with Gasteiger partial charge in [-0.05, 0) is 77.8 Å². The molecule has 2 aromatic rings. The molecule has 0 aromatic heterocycles. The zero-order chi connectivity index (χ0) is 20.5.